The summed E-state index contributed by atoms with van der Waals surface area (Å²) in [6.07, 6.45) is 3.84. The Morgan fingerprint density at radius 2 is 1.80 bits per heavy atom. The summed E-state index contributed by atoms with van der Waals surface area (Å²) in [5, 5.41) is 20.0. The largest absolute Gasteiger partial charge is 0.481 e. The second-order valence-electron chi connectivity index (χ2n) is 14.9. The maximum Gasteiger partial charge on any atom is 0.310 e. The Hall–Kier alpha value is -4.07. The van der Waals surface area contributed by atoms with Gasteiger partial charge in [-0.05, 0) is 108 Å². The molecule has 1 saturated carbocycles. The van der Waals surface area contributed by atoms with Crippen molar-refractivity contribution in [3.05, 3.63) is 70.0 Å². The van der Waals surface area contributed by atoms with E-state index >= 15 is 0 Å². The van der Waals surface area contributed by atoms with E-state index in [1.807, 2.05) is 62.7 Å². The van der Waals surface area contributed by atoms with Gasteiger partial charge in [-0.25, -0.2) is 8.42 Å². The van der Waals surface area contributed by atoms with Crippen molar-refractivity contribution in [1.82, 2.24) is 29.0 Å². The molecule has 1 N–H and O–H groups in total. The molecule has 3 aliphatic rings. The Morgan fingerprint density at radius 3 is 2.50 bits per heavy atom. The van der Waals surface area contributed by atoms with Crippen molar-refractivity contribution < 1.29 is 27.8 Å². The Balaban J connectivity index is 1.23. The molecule has 0 radical (unpaired) electrons. The molecule has 1 saturated heterocycles. The van der Waals surface area contributed by atoms with Gasteiger partial charge in [0.1, 0.15) is 17.1 Å². The number of aliphatic carboxylic acids is 1. The van der Waals surface area contributed by atoms with E-state index in [4.69, 9.17) is 9.47 Å². The van der Waals surface area contributed by atoms with Crippen LogP contribution in [0.5, 0.6) is 11.8 Å². The van der Waals surface area contributed by atoms with Crippen LogP contribution >= 0.6 is 0 Å². The summed E-state index contributed by atoms with van der Waals surface area (Å²) in [6, 6.07) is 11.4. The average Bonchev–Trinajstić information content (AvgIpc) is 3.47. The maximum atomic E-state index is 14.4. The highest BCUT2D eigenvalue weighted by molar-refractivity contribution is 7.89. The van der Waals surface area contributed by atoms with Gasteiger partial charge in [-0.2, -0.15) is 14.4 Å². The molecule has 7 rings (SSSR count). The van der Waals surface area contributed by atoms with Gasteiger partial charge in [0.25, 0.3) is 0 Å². The molecule has 2 fully saturated rings. The van der Waals surface area contributed by atoms with Crippen LogP contribution in [0.4, 0.5) is 0 Å². The fraction of sp³-hybridized carbons (Fsp3) is 0.514. The highest BCUT2D eigenvalue weighted by atomic mass is 32.2. The number of hydrogen-bond donors (Lipinski definition) is 1. The number of sulfonamides is 1. The van der Waals surface area contributed by atoms with Gasteiger partial charge < -0.3 is 19.1 Å². The van der Waals surface area contributed by atoms with Crippen molar-refractivity contribution >= 4 is 27.0 Å². The van der Waals surface area contributed by atoms with E-state index in [1.165, 1.54) is 17.1 Å². The third-order valence-electron chi connectivity index (χ3n) is 10.7. The quantitative estimate of drug-likeness (QED) is 0.237. The molecule has 50 heavy (non-hydrogen) atoms. The molecule has 1 spiro atoms. The first kappa shape index (κ1) is 34.4. The molecule has 1 aliphatic carbocycles. The summed E-state index contributed by atoms with van der Waals surface area (Å²) in [7, 11) is -2.15. The number of pyridine rings is 1. The number of ether oxygens (including phenoxy) is 2. The first-order valence-electron chi connectivity index (χ1n) is 17.4. The fourth-order valence-corrected chi connectivity index (χ4v) is 9.02. The number of aryl methyl sites for hydroxylation is 4. The predicted molar refractivity (Wildman–Crippen MR) is 188 cm³/mol. The van der Waals surface area contributed by atoms with E-state index in [2.05, 4.69) is 20.1 Å². The molecular formula is C37H46N6O6S. The van der Waals surface area contributed by atoms with Gasteiger partial charge in [0.2, 0.25) is 21.8 Å². The van der Waals surface area contributed by atoms with Gasteiger partial charge in [0.15, 0.2) is 5.65 Å². The van der Waals surface area contributed by atoms with Gasteiger partial charge in [-0.15, -0.1) is 5.10 Å². The molecule has 0 amide bonds. The lowest BCUT2D eigenvalue weighted by molar-refractivity contribution is -0.147. The van der Waals surface area contributed by atoms with Crippen LogP contribution in [0.3, 0.4) is 0 Å². The number of likely N-dealkylation sites (tertiary alicyclic amines) is 1. The molecule has 266 valence electrons. The van der Waals surface area contributed by atoms with E-state index in [-0.39, 0.29) is 23.9 Å². The van der Waals surface area contributed by atoms with Crippen molar-refractivity contribution in [3.8, 4) is 11.8 Å². The van der Waals surface area contributed by atoms with Gasteiger partial charge >= 0.3 is 5.97 Å². The van der Waals surface area contributed by atoms with Gasteiger partial charge in [0.05, 0.1) is 17.7 Å². The standard InChI is InChI=1S/C37H46N6O6S/c1-23-9-10-26(31(36(4,5)35(44)45)29-20-27-18-25(3)39-40-32(27)41(29)6)19-28(23)21-43-22-37(11-12-37)49-34-30(50(43,46)47)17-24(2)33(38-34)48-16-15-42-13-7-8-14-42/h9-10,17-20,31H,7-8,11-16,21-22H2,1-6H3,(H,44,45). The smallest absolute Gasteiger partial charge is 0.310 e. The summed E-state index contributed by atoms with van der Waals surface area (Å²) in [5.41, 5.74) is 3.44. The maximum absolute atomic E-state index is 14.4. The van der Waals surface area contributed by atoms with Crippen LogP contribution in [-0.2, 0) is 28.4 Å². The molecule has 1 aromatic carbocycles. The number of benzene rings is 1. The van der Waals surface area contributed by atoms with Crippen LogP contribution in [0.25, 0.3) is 11.0 Å². The lowest BCUT2D eigenvalue weighted by Gasteiger charge is -2.32. The summed E-state index contributed by atoms with van der Waals surface area (Å²) in [6.45, 7) is 12.8. The molecule has 0 bridgehead atoms. The molecule has 12 nitrogen and oxygen atoms in total. The Kier molecular flexibility index (Phi) is 8.67. The second kappa shape index (κ2) is 12.6. The number of carbonyl (C=O) groups is 1. The van der Waals surface area contributed by atoms with Crippen molar-refractivity contribution in [3.63, 3.8) is 0 Å². The summed E-state index contributed by atoms with van der Waals surface area (Å²) in [4.78, 5) is 19.8. The molecule has 1 unspecified atom stereocenters. The molecule has 2 aliphatic heterocycles. The lowest BCUT2D eigenvalue weighted by atomic mass is 9.72. The van der Waals surface area contributed by atoms with E-state index in [0.29, 0.717) is 23.7 Å². The Labute approximate surface area is 293 Å². The minimum absolute atomic E-state index is 0.0382. The normalized spacial score (nSPS) is 19.2. The zero-order chi connectivity index (χ0) is 35.6. The van der Waals surface area contributed by atoms with Crippen LogP contribution < -0.4 is 9.47 Å². The first-order valence-corrected chi connectivity index (χ1v) is 18.8. The van der Waals surface area contributed by atoms with Crippen molar-refractivity contribution in [2.45, 2.75) is 83.3 Å². The topological polar surface area (TPSA) is 140 Å². The number of aromatic nitrogens is 4. The zero-order valence-electron chi connectivity index (χ0n) is 29.7. The highest BCUT2D eigenvalue weighted by Gasteiger charge is 2.53. The van der Waals surface area contributed by atoms with Gasteiger partial charge in [0, 0.05) is 42.7 Å². The SMILES string of the molecule is Cc1cc2cc(C(c3ccc(C)c(CN4CC5(CC5)Oc5nc(OCCN6CCCC6)c(C)cc5S4(=O)=O)c3)C(C)(C)C(=O)O)n(C)c2nn1. The lowest BCUT2D eigenvalue weighted by Crippen LogP contribution is -2.38. The first-order chi connectivity index (χ1) is 23.7. The van der Waals surface area contributed by atoms with E-state index in [0.717, 1.165) is 65.9 Å². The van der Waals surface area contributed by atoms with Crippen LogP contribution in [0.2, 0.25) is 0 Å². The second-order valence-corrected chi connectivity index (χ2v) is 16.8. The van der Waals surface area contributed by atoms with Gasteiger partial charge in [-0.1, -0.05) is 18.2 Å². The van der Waals surface area contributed by atoms with Crippen molar-refractivity contribution in [2.24, 2.45) is 12.5 Å². The summed E-state index contributed by atoms with van der Waals surface area (Å²) >= 11 is 0. The minimum atomic E-state index is -4.02. The number of fused-ring (bicyclic) bond motifs is 2. The molecule has 4 aromatic rings. The van der Waals surface area contributed by atoms with Crippen molar-refractivity contribution in [2.75, 3.05) is 32.8 Å². The number of carboxylic acids is 1. The Bertz CT molecular complexity index is 2080. The average molecular weight is 703 g/mol. The highest BCUT2D eigenvalue weighted by Crippen LogP contribution is 2.48. The molecular weight excluding hydrogens is 657 g/mol. The number of nitrogens with zero attached hydrogens (tertiary/aromatic N) is 6. The fourth-order valence-electron chi connectivity index (χ4n) is 7.40. The summed E-state index contributed by atoms with van der Waals surface area (Å²) in [5.74, 6) is -1.03. The van der Waals surface area contributed by atoms with E-state index in [9.17, 15) is 18.3 Å². The number of rotatable bonds is 10. The summed E-state index contributed by atoms with van der Waals surface area (Å²) < 4.78 is 44.7. The molecule has 3 aromatic heterocycles. The van der Waals surface area contributed by atoms with Crippen LogP contribution in [-0.4, -0.2) is 86.8 Å². The molecule has 13 heteroatoms. The molecule has 5 heterocycles. The van der Waals surface area contributed by atoms with Crippen molar-refractivity contribution in [1.29, 1.82) is 0 Å². The predicted octanol–water partition coefficient (Wildman–Crippen LogP) is 5.12. The minimum Gasteiger partial charge on any atom is -0.481 e. The molecule has 1 atom stereocenters. The Morgan fingerprint density at radius 1 is 1.06 bits per heavy atom. The van der Waals surface area contributed by atoms with Crippen LogP contribution in [0.1, 0.15) is 79.1 Å². The van der Waals surface area contributed by atoms with Crippen LogP contribution in [0.15, 0.2) is 41.3 Å². The third-order valence-corrected chi connectivity index (χ3v) is 12.5. The number of carboxylic acid groups (broad SMARTS) is 1. The van der Waals surface area contributed by atoms with Crippen LogP contribution in [0, 0.1) is 26.2 Å². The van der Waals surface area contributed by atoms with E-state index in [1.54, 1.807) is 19.9 Å². The zero-order valence-corrected chi connectivity index (χ0v) is 30.5. The van der Waals surface area contributed by atoms with E-state index < -0.39 is 32.9 Å². The third kappa shape index (κ3) is 6.24. The number of hydrogen-bond acceptors (Lipinski definition) is 9. The van der Waals surface area contributed by atoms with Gasteiger partial charge in [-0.3, -0.25) is 9.69 Å². The monoisotopic (exact) mass is 702 g/mol.